The molecule has 2 aromatic carbocycles. The number of ether oxygens (including phenoxy) is 1. The van der Waals surface area contributed by atoms with Crippen molar-refractivity contribution in [3.8, 4) is 5.75 Å². The van der Waals surface area contributed by atoms with Gasteiger partial charge in [-0.15, -0.1) is 0 Å². The van der Waals surface area contributed by atoms with E-state index < -0.39 is 0 Å². The molecule has 26 heavy (non-hydrogen) atoms. The summed E-state index contributed by atoms with van der Waals surface area (Å²) in [6.07, 6.45) is 2.95. The predicted octanol–water partition coefficient (Wildman–Crippen LogP) is 6.33. The van der Waals surface area contributed by atoms with Gasteiger partial charge in [-0.3, -0.25) is 0 Å². The average Bonchev–Trinajstić information content (AvgIpc) is 2.61. The smallest absolute Gasteiger partial charge is 0.336 e. The second-order valence-electron chi connectivity index (χ2n) is 6.25. The highest BCUT2D eigenvalue weighted by Gasteiger charge is 2.13. The maximum absolute atomic E-state index is 12.0. The monoisotopic (exact) mass is 390 g/mol. The van der Waals surface area contributed by atoms with E-state index in [-0.39, 0.29) is 12.2 Å². The van der Waals surface area contributed by atoms with Gasteiger partial charge in [0.25, 0.3) is 0 Å². The van der Waals surface area contributed by atoms with Crippen molar-refractivity contribution in [2.45, 2.75) is 39.7 Å². The SMILES string of the molecule is CCCCc1cc(=O)oc2c(C)c(OCc3c(Cl)cccc3Cl)ccc12. The third-order valence-corrected chi connectivity index (χ3v) is 5.14. The van der Waals surface area contributed by atoms with Crippen molar-refractivity contribution in [2.24, 2.45) is 0 Å². The number of aryl methyl sites for hydroxylation is 2. The topological polar surface area (TPSA) is 39.4 Å². The maximum atomic E-state index is 12.0. The van der Waals surface area contributed by atoms with Gasteiger partial charge in [-0.05, 0) is 49.6 Å². The average molecular weight is 391 g/mol. The van der Waals surface area contributed by atoms with Crippen LogP contribution in [0.15, 0.2) is 45.6 Å². The molecule has 3 rings (SSSR count). The quantitative estimate of drug-likeness (QED) is 0.461. The molecule has 0 saturated heterocycles. The van der Waals surface area contributed by atoms with E-state index in [0.717, 1.165) is 41.3 Å². The van der Waals surface area contributed by atoms with Crippen LogP contribution in [0.4, 0.5) is 0 Å². The lowest BCUT2D eigenvalue weighted by Gasteiger charge is -2.13. The van der Waals surface area contributed by atoms with Gasteiger partial charge in [0.2, 0.25) is 0 Å². The first-order valence-electron chi connectivity index (χ1n) is 8.63. The van der Waals surface area contributed by atoms with Crippen molar-refractivity contribution in [3.63, 3.8) is 0 Å². The van der Waals surface area contributed by atoms with E-state index in [0.29, 0.717) is 21.4 Å². The number of halogens is 2. The molecule has 1 heterocycles. The van der Waals surface area contributed by atoms with E-state index in [1.807, 2.05) is 19.1 Å². The third kappa shape index (κ3) is 3.89. The molecule has 0 spiro atoms. The van der Waals surface area contributed by atoms with Crippen LogP contribution in [-0.2, 0) is 13.0 Å². The van der Waals surface area contributed by atoms with Crippen molar-refractivity contribution in [3.05, 3.63) is 73.6 Å². The van der Waals surface area contributed by atoms with Crippen LogP contribution in [0, 0.1) is 6.92 Å². The summed E-state index contributed by atoms with van der Waals surface area (Å²) in [5.74, 6) is 0.643. The fourth-order valence-corrected chi connectivity index (χ4v) is 3.47. The molecule has 0 aliphatic heterocycles. The summed E-state index contributed by atoms with van der Waals surface area (Å²) in [5, 5.41) is 2.08. The molecule has 0 saturated carbocycles. The Morgan fingerprint density at radius 2 is 1.85 bits per heavy atom. The zero-order chi connectivity index (χ0) is 18.7. The fourth-order valence-electron chi connectivity index (χ4n) is 2.96. The zero-order valence-corrected chi connectivity index (χ0v) is 16.3. The Bertz CT molecular complexity index is 972. The van der Waals surface area contributed by atoms with E-state index in [2.05, 4.69) is 6.92 Å². The Morgan fingerprint density at radius 1 is 1.12 bits per heavy atom. The zero-order valence-electron chi connectivity index (χ0n) is 14.8. The summed E-state index contributed by atoms with van der Waals surface area (Å²) in [6, 6.07) is 10.8. The Balaban J connectivity index is 1.95. The molecule has 1 aromatic heterocycles. The van der Waals surface area contributed by atoms with Gasteiger partial charge in [0, 0.05) is 32.6 Å². The molecule has 0 bridgehead atoms. The fraction of sp³-hybridized carbons (Fsp3) is 0.286. The molecule has 3 nitrogen and oxygen atoms in total. The van der Waals surface area contributed by atoms with Gasteiger partial charge in [0.05, 0.1) is 0 Å². The van der Waals surface area contributed by atoms with Gasteiger partial charge in [-0.1, -0.05) is 42.6 Å². The second-order valence-corrected chi connectivity index (χ2v) is 7.06. The number of unbranched alkanes of at least 4 members (excludes halogenated alkanes) is 1. The summed E-state index contributed by atoms with van der Waals surface area (Å²) < 4.78 is 11.4. The van der Waals surface area contributed by atoms with Crippen LogP contribution in [0.5, 0.6) is 5.75 Å². The first-order valence-corrected chi connectivity index (χ1v) is 9.39. The molecular weight excluding hydrogens is 371 g/mol. The minimum atomic E-state index is -0.335. The predicted molar refractivity (Wildman–Crippen MR) is 107 cm³/mol. The largest absolute Gasteiger partial charge is 0.488 e. The van der Waals surface area contributed by atoms with Crippen LogP contribution in [0.2, 0.25) is 10.0 Å². The number of hydrogen-bond donors (Lipinski definition) is 0. The molecule has 0 N–H and O–H groups in total. The standard InChI is InChI=1S/C21H20Cl2O3/c1-3-4-6-14-11-20(24)26-21-13(2)19(10-9-15(14)21)25-12-16-17(22)7-5-8-18(16)23/h5,7-11H,3-4,6,12H2,1-2H3. The van der Waals surface area contributed by atoms with Gasteiger partial charge in [0.1, 0.15) is 17.9 Å². The summed E-state index contributed by atoms with van der Waals surface area (Å²) in [6.45, 7) is 4.26. The highest BCUT2D eigenvalue weighted by molar-refractivity contribution is 6.35. The highest BCUT2D eigenvalue weighted by Crippen LogP contribution is 2.31. The van der Waals surface area contributed by atoms with E-state index in [1.54, 1.807) is 24.3 Å². The molecule has 0 aliphatic carbocycles. The molecule has 0 amide bonds. The number of benzene rings is 2. The van der Waals surface area contributed by atoms with Crippen molar-refractivity contribution < 1.29 is 9.15 Å². The summed E-state index contributed by atoms with van der Waals surface area (Å²) in [4.78, 5) is 12.0. The van der Waals surface area contributed by atoms with Crippen molar-refractivity contribution in [1.82, 2.24) is 0 Å². The number of fused-ring (bicyclic) bond motifs is 1. The normalized spacial score (nSPS) is 11.1. The molecule has 0 aliphatic rings. The lowest BCUT2D eigenvalue weighted by molar-refractivity contribution is 0.304. The van der Waals surface area contributed by atoms with Crippen molar-refractivity contribution in [1.29, 1.82) is 0 Å². The molecule has 136 valence electrons. The third-order valence-electron chi connectivity index (χ3n) is 4.43. The summed E-state index contributed by atoms with van der Waals surface area (Å²) >= 11 is 12.4. The van der Waals surface area contributed by atoms with Crippen molar-refractivity contribution >= 4 is 34.2 Å². The van der Waals surface area contributed by atoms with E-state index in [9.17, 15) is 4.79 Å². The Labute approximate surface area is 162 Å². The Kier molecular flexibility index (Phi) is 5.90. The van der Waals surface area contributed by atoms with E-state index in [1.165, 1.54) is 0 Å². The Hall–Kier alpha value is -1.97. The van der Waals surface area contributed by atoms with Gasteiger partial charge in [0.15, 0.2) is 0 Å². The van der Waals surface area contributed by atoms with Gasteiger partial charge in [-0.2, -0.15) is 0 Å². The van der Waals surface area contributed by atoms with Crippen molar-refractivity contribution in [2.75, 3.05) is 0 Å². The number of rotatable bonds is 6. The van der Waals surface area contributed by atoms with Gasteiger partial charge in [-0.25, -0.2) is 4.79 Å². The van der Waals surface area contributed by atoms with Crippen LogP contribution in [0.25, 0.3) is 11.0 Å². The Morgan fingerprint density at radius 3 is 2.54 bits per heavy atom. The number of hydrogen-bond acceptors (Lipinski definition) is 3. The van der Waals surface area contributed by atoms with Crippen LogP contribution >= 0.6 is 23.2 Å². The summed E-state index contributed by atoms with van der Waals surface area (Å²) in [7, 11) is 0. The molecule has 0 fully saturated rings. The minimum absolute atomic E-state index is 0.241. The maximum Gasteiger partial charge on any atom is 0.336 e. The molecule has 5 heteroatoms. The van der Waals surface area contributed by atoms with E-state index >= 15 is 0 Å². The van der Waals surface area contributed by atoms with Crippen LogP contribution in [0.1, 0.15) is 36.5 Å². The minimum Gasteiger partial charge on any atom is -0.488 e. The summed E-state index contributed by atoms with van der Waals surface area (Å²) in [5.41, 5.74) is 2.78. The molecule has 0 atom stereocenters. The first-order chi connectivity index (χ1) is 12.5. The molecular formula is C21H20Cl2O3. The molecule has 3 aromatic rings. The first kappa shape index (κ1) is 18.8. The van der Waals surface area contributed by atoms with Gasteiger partial charge < -0.3 is 9.15 Å². The van der Waals surface area contributed by atoms with Crippen LogP contribution in [-0.4, -0.2) is 0 Å². The van der Waals surface area contributed by atoms with Crippen LogP contribution < -0.4 is 10.4 Å². The lowest BCUT2D eigenvalue weighted by Crippen LogP contribution is -2.04. The van der Waals surface area contributed by atoms with Gasteiger partial charge >= 0.3 is 5.63 Å². The second kappa shape index (κ2) is 8.15. The van der Waals surface area contributed by atoms with Crippen LogP contribution in [0.3, 0.4) is 0 Å². The molecule has 0 radical (unpaired) electrons. The highest BCUT2D eigenvalue weighted by atomic mass is 35.5. The molecule has 0 unspecified atom stereocenters. The lowest BCUT2D eigenvalue weighted by atomic mass is 10.0. The van der Waals surface area contributed by atoms with E-state index in [4.69, 9.17) is 32.4 Å².